The molecule has 0 amide bonds. The third-order valence-corrected chi connectivity index (χ3v) is 6.88. The lowest BCUT2D eigenvalue weighted by Gasteiger charge is -2.28. The number of hydrogen-bond donors (Lipinski definition) is 2. The van der Waals surface area contributed by atoms with Gasteiger partial charge in [-0.25, -0.2) is 4.79 Å². The summed E-state index contributed by atoms with van der Waals surface area (Å²) in [5, 5.41) is 9.77. The highest BCUT2D eigenvalue weighted by molar-refractivity contribution is 7.58. The minimum absolute atomic E-state index is 0.00673. The predicted molar refractivity (Wildman–Crippen MR) is 106 cm³/mol. The number of esters is 1. The molecule has 0 aromatic heterocycles. The maximum Gasteiger partial charge on any atom is 0.332 e. The lowest BCUT2D eigenvalue weighted by molar-refractivity contribution is -0.152. The Balaban J connectivity index is 3.20. The molecule has 0 saturated heterocycles. The van der Waals surface area contributed by atoms with Gasteiger partial charge in [0.2, 0.25) is 7.37 Å². The molecule has 2 N–H and O–H groups in total. The fraction of sp³-hybridized carbons (Fsp3) is 0.800. The molecule has 7 heteroatoms. The molecule has 1 aliphatic rings. The van der Waals surface area contributed by atoms with E-state index in [2.05, 4.69) is 0 Å². The summed E-state index contributed by atoms with van der Waals surface area (Å²) in [5.74, 6) is -1.63. The van der Waals surface area contributed by atoms with Crippen LogP contribution in [0.25, 0.3) is 0 Å². The van der Waals surface area contributed by atoms with E-state index in [1.54, 1.807) is 20.8 Å². The molecular weight excluding hydrogens is 367 g/mol. The van der Waals surface area contributed by atoms with Gasteiger partial charge < -0.3 is 14.7 Å². The summed E-state index contributed by atoms with van der Waals surface area (Å²) in [6.45, 7) is 8.76. The molecule has 156 valence electrons. The van der Waals surface area contributed by atoms with Gasteiger partial charge in [0.05, 0.1) is 11.6 Å². The molecule has 0 aromatic rings. The molecule has 1 unspecified atom stereocenters. The van der Waals surface area contributed by atoms with E-state index in [9.17, 15) is 24.2 Å². The summed E-state index contributed by atoms with van der Waals surface area (Å²) in [6.07, 6.45) is 4.40. The Morgan fingerprint density at radius 3 is 2.15 bits per heavy atom. The van der Waals surface area contributed by atoms with E-state index in [1.165, 1.54) is 0 Å². The van der Waals surface area contributed by atoms with Crippen molar-refractivity contribution in [3.05, 3.63) is 11.1 Å². The van der Waals surface area contributed by atoms with Gasteiger partial charge in [0, 0.05) is 11.7 Å². The number of carbonyl (C=O) groups is 2. The second-order valence-corrected chi connectivity index (χ2v) is 11.4. The summed E-state index contributed by atoms with van der Waals surface area (Å²) < 4.78 is 18.0. The van der Waals surface area contributed by atoms with Crippen molar-refractivity contribution in [1.82, 2.24) is 0 Å². The van der Waals surface area contributed by atoms with E-state index < -0.39 is 24.7 Å². The third kappa shape index (κ3) is 8.18. The van der Waals surface area contributed by atoms with Crippen molar-refractivity contribution >= 4 is 19.3 Å². The Kier molecular flexibility index (Phi) is 8.75. The second kappa shape index (κ2) is 9.88. The van der Waals surface area contributed by atoms with Crippen LogP contribution in [0.2, 0.25) is 0 Å². The van der Waals surface area contributed by atoms with Crippen LogP contribution >= 0.6 is 7.37 Å². The standard InChI is InChI=1S/C20H35O6P/c1-14(2)12-27(24,25)13-17(18(21)22)16(15-9-7-6-8-10-15)11-26-19(23)20(3,4)5/h14-15H,6-13H2,1-5H3,(H,21,22)(H,24,25). The fourth-order valence-corrected chi connectivity index (χ4v) is 5.55. The first-order valence-corrected chi connectivity index (χ1v) is 11.8. The monoisotopic (exact) mass is 402 g/mol. The normalized spacial score (nSPS) is 19.4. The minimum Gasteiger partial charge on any atom is -0.478 e. The number of carbonyl (C=O) groups excluding carboxylic acids is 1. The zero-order chi connectivity index (χ0) is 20.8. The van der Waals surface area contributed by atoms with Crippen molar-refractivity contribution in [3.8, 4) is 0 Å². The Labute approximate surface area is 162 Å². The molecule has 1 atom stereocenters. The van der Waals surface area contributed by atoms with E-state index >= 15 is 0 Å². The fourth-order valence-electron chi connectivity index (χ4n) is 3.45. The van der Waals surface area contributed by atoms with Crippen LogP contribution in [-0.2, 0) is 18.9 Å². The van der Waals surface area contributed by atoms with Crippen LogP contribution in [0, 0.1) is 17.3 Å². The first-order chi connectivity index (χ1) is 12.3. The van der Waals surface area contributed by atoms with Crippen LogP contribution in [0.4, 0.5) is 0 Å². The van der Waals surface area contributed by atoms with Crippen LogP contribution in [0.15, 0.2) is 11.1 Å². The van der Waals surface area contributed by atoms with Crippen molar-refractivity contribution in [2.24, 2.45) is 17.3 Å². The predicted octanol–water partition coefficient (Wildman–Crippen LogP) is 4.46. The first kappa shape index (κ1) is 23.9. The number of ether oxygens (including phenoxy) is 1. The van der Waals surface area contributed by atoms with Gasteiger partial charge in [-0.3, -0.25) is 9.36 Å². The minimum atomic E-state index is -3.62. The molecule has 1 saturated carbocycles. The molecule has 0 radical (unpaired) electrons. The van der Waals surface area contributed by atoms with Gasteiger partial charge in [-0.1, -0.05) is 33.1 Å². The Hall–Kier alpha value is -1.13. The number of carboxylic acids is 1. The van der Waals surface area contributed by atoms with Gasteiger partial charge in [-0.05, 0) is 51.0 Å². The van der Waals surface area contributed by atoms with Crippen LogP contribution in [0.1, 0.15) is 66.7 Å². The number of rotatable bonds is 8. The van der Waals surface area contributed by atoms with Gasteiger partial charge in [0.25, 0.3) is 0 Å². The van der Waals surface area contributed by atoms with Crippen molar-refractivity contribution in [2.75, 3.05) is 18.9 Å². The molecule has 0 heterocycles. The molecule has 0 aliphatic heterocycles. The van der Waals surface area contributed by atoms with Gasteiger partial charge in [-0.2, -0.15) is 0 Å². The maximum absolute atomic E-state index is 12.6. The van der Waals surface area contributed by atoms with Gasteiger partial charge in [0.15, 0.2) is 0 Å². The molecule has 1 fully saturated rings. The molecule has 1 aliphatic carbocycles. The highest BCUT2D eigenvalue weighted by atomic mass is 31.2. The lowest BCUT2D eigenvalue weighted by Crippen LogP contribution is -2.27. The van der Waals surface area contributed by atoms with Crippen LogP contribution in [0.5, 0.6) is 0 Å². The molecule has 1 rings (SSSR count). The van der Waals surface area contributed by atoms with Crippen molar-refractivity contribution in [3.63, 3.8) is 0 Å². The zero-order valence-corrected chi connectivity index (χ0v) is 18.2. The topological polar surface area (TPSA) is 101 Å². The van der Waals surface area contributed by atoms with E-state index in [0.29, 0.717) is 5.57 Å². The SMILES string of the molecule is CC(C)CP(=O)(O)CC(C(=O)O)=C(COC(=O)C(C)(C)C)C1CCCCC1. The Morgan fingerprint density at radius 2 is 1.70 bits per heavy atom. The highest BCUT2D eigenvalue weighted by Crippen LogP contribution is 2.46. The van der Waals surface area contributed by atoms with Crippen LogP contribution in [-0.4, -0.2) is 40.9 Å². The van der Waals surface area contributed by atoms with E-state index in [4.69, 9.17) is 4.74 Å². The first-order valence-electron chi connectivity index (χ1n) is 9.76. The molecule has 0 aromatic carbocycles. The average Bonchev–Trinajstić information content (AvgIpc) is 2.52. The molecule has 27 heavy (non-hydrogen) atoms. The molecule has 0 bridgehead atoms. The van der Waals surface area contributed by atoms with Crippen LogP contribution in [0.3, 0.4) is 0 Å². The quantitative estimate of drug-likeness (QED) is 0.353. The van der Waals surface area contributed by atoms with Crippen molar-refractivity contribution in [2.45, 2.75) is 66.7 Å². The maximum atomic E-state index is 12.6. The van der Waals surface area contributed by atoms with Gasteiger partial charge >= 0.3 is 11.9 Å². The van der Waals surface area contributed by atoms with E-state index in [-0.39, 0.29) is 36.3 Å². The van der Waals surface area contributed by atoms with E-state index in [0.717, 1.165) is 32.1 Å². The summed E-state index contributed by atoms with van der Waals surface area (Å²) >= 11 is 0. The number of carboxylic acid groups (broad SMARTS) is 1. The van der Waals surface area contributed by atoms with E-state index in [1.807, 2.05) is 13.8 Å². The number of aliphatic carboxylic acids is 1. The Bertz CT molecular complexity index is 608. The van der Waals surface area contributed by atoms with Crippen LogP contribution < -0.4 is 0 Å². The summed E-state index contributed by atoms with van der Waals surface area (Å²) in [4.78, 5) is 34.4. The summed E-state index contributed by atoms with van der Waals surface area (Å²) in [7, 11) is -3.62. The lowest BCUT2D eigenvalue weighted by atomic mass is 9.82. The molecular formula is C20H35O6P. The molecule has 6 nitrogen and oxygen atoms in total. The van der Waals surface area contributed by atoms with Gasteiger partial charge in [0.1, 0.15) is 6.61 Å². The third-order valence-electron chi connectivity index (χ3n) is 4.77. The second-order valence-electron chi connectivity index (χ2n) is 9.05. The summed E-state index contributed by atoms with van der Waals surface area (Å²) in [6, 6.07) is 0. The molecule has 0 spiro atoms. The Morgan fingerprint density at radius 1 is 1.15 bits per heavy atom. The van der Waals surface area contributed by atoms with Crippen molar-refractivity contribution in [1.29, 1.82) is 0 Å². The highest BCUT2D eigenvalue weighted by Gasteiger charge is 2.32. The van der Waals surface area contributed by atoms with Gasteiger partial charge in [-0.15, -0.1) is 0 Å². The largest absolute Gasteiger partial charge is 0.478 e. The van der Waals surface area contributed by atoms with Crippen molar-refractivity contribution < 1.29 is 28.9 Å². The zero-order valence-electron chi connectivity index (χ0n) is 17.3. The average molecular weight is 402 g/mol. The smallest absolute Gasteiger partial charge is 0.332 e. The summed E-state index contributed by atoms with van der Waals surface area (Å²) in [5.41, 5.74) is -0.224. The number of hydrogen-bond acceptors (Lipinski definition) is 4.